The van der Waals surface area contributed by atoms with E-state index in [2.05, 4.69) is 20.4 Å². The molecule has 1 N–H and O–H groups in total. The van der Waals surface area contributed by atoms with E-state index in [0.29, 0.717) is 13.1 Å². The minimum absolute atomic E-state index is 0.0174. The average molecular weight is 256 g/mol. The van der Waals surface area contributed by atoms with Gasteiger partial charge in [-0.2, -0.15) is 10.1 Å². The Morgan fingerprint density at radius 1 is 1.47 bits per heavy atom. The summed E-state index contributed by atoms with van der Waals surface area (Å²) < 4.78 is 15.0. The monoisotopic (exact) mass is 255 g/mol. The van der Waals surface area contributed by atoms with Gasteiger partial charge in [-0.25, -0.2) is 9.37 Å². The van der Waals surface area contributed by atoms with Gasteiger partial charge in [0, 0.05) is 12.7 Å². The van der Waals surface area contributed by atoms with Gasteiger partial charge in [0.1, 0.15) is 0 Å². The Bertz CT molecular complexity index is 513. The number of halogens is 2. The largest absolute Gasteiger partial charge is 0.366 e. The van der Waals surface area contributed by atoms with Crippen molar-refractivity contribution in [1.82, 2.24) is 19.7 Å². The number of aromatic nitrogens is 4. The highest BCUT2D eigenvalue weighted by Gasteiger charge is 2.04. The molecule has 0 amide bonds. The molecule has 5 nitrogen and oxygen atoms in total. The third-order valence-corrected chi connectivity index (χ3v) is 2.29. The Kier molecular flexibility index (Phi) is 3.53. The summed E-state index contributed by atoms with van der Waals surface area (Å²) in [5, 5.41) is 6.97. The van der Waals surface area contributed by atoms with Crippen LogP contribution >= 0.6 is 11.6 Å². The van der Waals surface area contributed by atoms with Crippen LogP contribution in [-0.2, 0) is 6.54 Å². The molecule has 0 unspecified atom stereocenters. The lowest BCUT2D eigenvalue weighted by Crippen LogP contribution is -2.13. The van der Waals surface area contributed by atoms with Crippen molar-refractivity contribution in [2.45, 2.75) is 13.5 Å². The molecule has 0 aliphatic rings. The minimum atomic E-state index is -0.522. The van der Waals surface area contributed by atoms with Gasteiger partial charge in [-0.1, -0.05) is 0 Å². The summed E-state index contributed by atoms with van der Waals surface area (Å²) in [5.41, 5.74) is 1.08. The number of nitrogens with zero attached hydrogens (tertiary/aromatic N) is 4. The van der Waals surface area contributed by atoms with Crippen LogP contribution in [0.25, 0.3) is 0 Å². The number of hydrogen-bond acceptors (Lipinski definition) is 4. The van der Waals surface area contributed by atoms with E-state index in [1.54, 1.807) is 10.9 Å². The van der Waals surface area contributed by atoms with E-state index in [1.807, 2.05) is 13.1 Å². The zero-order valence-electron chi connectivity index (χ0n) is 9.19. The molecule has 0 spiro atoms. The van der Waals surface area contributed by atoms with Crippen LogP contribution in [0.4, 0.5) is 10.2 Å². The minimum Gasteiger partial charge on any atom is -0.366 e. The lowest BCUT2D eigenvalue weighted by atomic mass is 10.4. The van der Waals surface area contributed by atoms with Gasteiger partial charge in [0.2, 0.25) is 5.28 Å². The maximum Gasteiger partial charge on any atom is 0.224 e. The Morgan fingerprint density at radius 3 is 3.00 bits per heavy atom. The molecule has 0 fully saturated rings. The molecule has 0 aromatic carbocycles. The van der Waals surface area contributed by atoms with Crippen LogP contribution in [0, 0.1) is 12.7 Å². The van der Waals surface area contributed by atoms with Crippen LogP contribution in [0.1, 0.15) is 5.56 Å². The zero-order chi connectivity index (χ0) is 12.3. The van der Waals surface area contributed by atoms with E-state index in [4.69, 9.17) is 11.6 Å². The van der Waals surface area contributed by atoms with Gasteiger partial charge in [0.15, 0.2) is 11.6 Å². The van der Waals surface area contributed by atoms with Crippen LogP contribution in [-0.4, -0.2) is 26.3 Å². The van der Waals surface area contributed by atoms with E-state index in [-0.39, 0.29) is 11.1 Å². The Hall–Kier alpha value is -1.69. The van der Waals surface area contributed by atoms with Crippen LogP contribution < -0.4 is 5.32 Å². The van der Waals surface area contributed by atoms with Crippen molar-refractivity contribution >= 4 is 17.4 Å². The topological polar surface area (TPSA) is 55.6 Å². The van der Waals surface area contributed by atoms with Gasteiger partial charge < -0.3 is 5.32 Å². The summed E-state index contributed by atoms with van der Waals surface area (Å²) in [4.78, 5) is 7.28. The molecule has 0 aliphatic carbocycles. The highest BCUT2D eigenvalue weighted by Crippen LogP contribution is 2.11. The van der Waals surface area contributed by atoms with Crippen molar-refractivity contribution in [3.05, 3.63) is 35.3 Å². The van der Waals surface area contributed by atoms with Gasteiger partial charge >= 0.3 is 0 Å². The predicted octanol–water partition coefficient (Wildman–Crippen LogP) is 1.89. The number of hydrogen-bond donors (Lipinski definition) is 1. The van der Waals surface area contributed by atoms with Crippen molar-refractivity contribution in [2.75, 3.05) is 11.9 Å². The summed E-state index contributed by atoms with van der Waals surface area (Å²) in [6.45, 7) is 3.08. The SMILES string of the molecule is Cc1cnn(CCNc2nc(Cl)ncc2F)c1. The molecule has 0 atom stereocenters. The first-order valence-corrected chi connectivity index (χ1v) is 5.44. The van der Waals surface area contributed by atoms with Crippen LogP contribution in [0.15, 0.2) is 18.6 Å². The van der Waals surface area contributed by atoms with Gasteiger partial charge in [-0.3, -0.25) is 4.68 Å². The second kappa shape index (κ2) is 5.09. The zero-order valence-corrected chi connectivity index (χ0v) is 9.95. The summed E-state index contributed by atoms with van der Waals surface area (Å²) >= 11 is 5.57. The van der Waals surface area contributed by atoms with Crippen molar-refractivity contribution in [3.8, 4) is 0 Å². The first kappa shape index (κ1) is 11.8. The molecule has 2 aromatic rings. The third-order valence-electron chi connectivity index (χ3n) is 2.11. The Labute approximate surface area is 103 Å². The van der Waals surface area contributed by atoms with Gasteiger partial charge in [0.05, 0.1) is 18.9 Å². The van der Waals surface area contributed by atoms with Gasteiger partial charge in [-0.05, 0) is 24.1 Å². The van der Waals surface area contributed by atoms with E-state index in [1.165, 1.54) is 0 Å². The molecule has 0 saturated heterocycles. The normalized spacial score (nSPS) is 10.5. The molecule has 0 bridgehead atoms. The molecular formula is C10H11ClFN5. The van der Waals surface area contributed by atoms with Crippen LogP contribution in [0.5, 0.6) is 0 Å². The van der Waals surface area contributed by atoms with E-state index >= 15 is 0 Å². The predicted molar refractivity (Wildman–Crippen MR) is 62.5 cm³/mol. The van der Waals surface area contributed by atoms with Crippen LogP contribution in [0.3, 0.4) is 0 Å². The van der Waals surface area contributed by atoms with E-state index < -0.39 is 5.82 Å². The lowest BCUT2D eigenvalue weighted by Gasteiger charge is -2.06. The maximum atomic E-state index is 13.2. The smallest absolute Gasteiger partial charge is 0.224 e. The standard InChI is InChI=1S/C10H11ClFN5/c1-7-4-15-17(6-7)3-2-13-9-8(12)5-14-10(11)16-9/h4-6H,2-3H2,1H3,(H,13,14,16). The summed E-state index contributed by atoms with van der Waals surface area (Å²) in [5.74, 6) is -0.417. The molecule has 2 rings (SSSR count). The maximum absolute atomic E-state index is 13.2. The first-order valence-electron chi connectivity index (χ1n) is 5.06. The molecule has 2 aromatic heterocycles. The molecule has 17 heavy (non-hydrogen) atoms. The Morgan fingerprint density at radius 2 is 2.29 bits per heavy atom. The Balaban J connectivity index is 1.91. The number of anilines is 1. The summed E-state index contributed by atoms with van der Waals surface area (Å²) in [6, 6.07) is 0. The fourth-order valence-corrected chi connectivity index (χ4v) is 1.48. The summed E-state index contributed by atoms with van der Waals surface area (Å²) in [6.07, 6.45) is 4.71. The average Bonchev–Trinajstić information content (AvgIpc) is 2.69. The van der Waals surface area contributed by atoms with Crippen molar-refractivity contribution in [3.63, 3.8) is 0 Å². The van der Waals surface area contributed by atoms with E-state index in [9.17, 15) is 4.39 Å². The highest BCUT2D eigenvalue weighted by atomic mass is 35.5. The highest BCUT2D eigenvalue weighted by molar-refractivity contribution is 6.28. The first-order chi connectivity index (χ1) is 8.15. The molecule has 90 valence electrons. The second-order valence-electron chi connectivity index (χ2n) is 3.54. The molecule has 0 radical (unpaired) electrons. The van der Waals surface area contributed by atoms with Crippen LogP contribution in [0.2, 0.25) is 5.28 Å². The van der Waals surface area contributed by atoms with Crippen molar-refractivity contribution < 1.29 is 4.39 Å². The fraction of sp³-hybridized carbons (Fsp3) is 0.300. The number of nitrogens with one attached hydrogen (secondary N) is 1. The van der Waals surface area contributed by atoms with Gasteiger partial charge in [0.25, 0.3) is 0 Å². The fourth-order valence-electron chi connectivity index (χ4n) is 1.35. The molecule has 0 aliphatic heterocycles. The van der Waals surface area contributed by atoms with Crippen molar-refractivity contribution in [2.24, 2.45) is 0 Å². The van der Waals surface area contributed by atoms with Gasteiger partial charge in [-0.15, -0.1) is 0 Å². The van der Waals surface area contributed by atoms with E-state index in [0.717, 1.165) is 11.8 Å². The number of rotatable bonds is 4. The summed E-state index contributed by atoms with van der Waals surface area (Å²) in [7, 11) is 0. The molecule has 2 heterocycles. The molecular weight excluding hydrogens is 245 g/mol. The number of aryl methyl sites for hydroxylation is 1. The molecule has 0 saturated carbocycles. The lowest BCUT2D eigenvalue weighted by molar-refractivity contribution is 0.606. The second-order valence-corrected chi connectivity index (χ2v) is 3.88. The van der Waals surface area contributed by atoms with Crippen molar-refractivity contribution in [1.29, 1.82) is 0 Å². The third kappa shape index (κ3) is 3.13. The quantitative estimate of drug-likeness (QED) is 0.848. The molecule has 7 heteroatoms.